The minimum absolute atomic E-state index is 0.840. The maximum absolute atomic E-state index is 3.92. The maximum atomic E-state index is 3.92. The van der Waals surface area contributed by atoms with Crippen LogP contribution < -0.4 is 0 Å². The SMILES string of the molecule is CC.c1cc(-c2cn[nH]n2)ccn1. The normalized spacial score (nSPS) is 8.77. The number of nitrogens with zero attached hydrogens (tertiary/aromatic N) is 3. The summed E-state index contributed by atoms with van der Waals surface area (Å²) in [4.78, 5) is 3.90. The summed E-state index contributed by atoms with van der Waals surface area (Å²) in [6.45, 7) is 4.00. The zero-order valence-electron chi connectivity index (χ0n) is 7.73. The molecule has 0 amide bonds. The molecular weight excluding hydrogens is 164 g/mol. The van der Waals surface area contributed by atoms with E-state index < -0.39 is 0 Å². The molecule has 4 nitrogen and oxygen atoms in total. The van der Waals surface area contributed by atoms with E-state index >= 15 is 0 Å². The van der Waals surface area contributed by atoms with Gasteiger partial charge >= 0.3 is 0 Å². The highest BCUT2D eigenvalue weighted by atomic mass is 15.3. The van der Waals surface area contributed by atoms with Gasteiger partial charge in [0.05, 0.1) is 6.20 Å². The molecule has 1 N–H and O–H groups in total. The van der Waals surface area contributed by atoms with Crippen LogP contribution in [0.1, 0.15) is 13.8 Å². The van der Waals surface area contributed by atoms with Crippen molar-refractivity contribution in [3.63, 3.8) is 0 Å². The van der Waals surface area contributed by atoms with Gasteiger partial charge in [0.25, 0.3) is 0 Å². The predicted octanol–water partition coefficient (Wildman–Crippen LogP) is 1.89. The lowest BCUT2D eigenvalue weighted by Gasteiger charge is -1.90. The summed E-state index contributed by atoms with van der Waals surface area (Å²) in [5, 5.41) is 10.2. The third kappa shape index (κ3) is 2.37. The summed E-state index contributed by atoms with van der Waals surface area (Å²) in [7, 11) is 0. The Bertz CT molecular complexity index is 315. The summed E-state index contributed by atoms with van der Waals surface area (Å²) < 4.78 is 0. The zero-order valence-corrected chi connectivity index (χ0v) is 7.73. The van der Waals surface area contributed by atoms with Crippen molar-refractivity contribution in [2.75, 3.05) is 0 Å². The first-order valence-electron chi connectivity index (χ1n) is 4.23. The number of aromatic amines is 1. The van der Waals surface area contributed by atoms with Crippen molar-refractivity contribution in [3.8, 4) is 11.3 Å². The molecule has 0 atom stereocenters. The molecule has 0 unspecified atom stereocenters. The Balaban J connectivity index is 0.000000396. The Morgan fingerprint density at radius 1 is 1.15 bits per heavy atom. The zero-order chi connectivity index (χ0) is 9.52. The van der Waals surface area contributed by atoms with Gasteiger partial charge in [0.15, 0.2) is 0 Å². The van der Waals surface area contributed by atoms with Crippen LogP contribution in [0, 0.1) is 0 Å². The van der Waals surface area contributed by atoms with Crippen molar-refractivity contribution < 1.29 is 0 Å². The molecule has 13 heavy (non-hydrogen) atoms. The topological polar surface area (TPSA) is 54.5 Å². The highest BCUT2D eigenvalue weighted by Gasteiger charge is 1.96. The minimum atomic E-state index is 0.840. The highest BCUT2D eigenvalue weighted by Crippen LogP contribution is 2.11. The quantitative estimate of drug-likeness (QED) is 0.721. The van der Waals surface area contributed by atoms with Gasteiger partial charge in [0.2, 0.25) is 0 Å². The average molecular weight is 176 g/mol. The van der Waals surface area contributed by atoms with E-state index in [0.29, 0.717) is 0 Å². The number of hydrogen-bond donors (Lipinski definition) is 1. The lowest BCUT2D eigenvalue weighted by atomic mass is 10.2. The van der Waals surface area contributed by atoms with Crippen molar-refractivity contribution >= 4 is 0 Å². The highest BCUT2D eigenvalue weighted by molar-refractivity contribution is 5.55. The smallest absolute Gasteiger partial charge is 0.112 e. The van der Waals surface area contributed by atoms with Crippen LogP contribution in [0.3, 0.4) is 0 Å². The lowest BCUT2D eigenvalue weighted by molar-refractivity contribution is 0.942. The monoisotopic (exact) mass is 176 g/mol. The van der Waals surface area contributed by atoms with Gasteiger partial charge in [0.1, 0.15) is 5.69 Å². The number of H-pyrrole nitrogens is 1. The fraction of sp³-hybridized carbons (Fsp3) is 0.222. The predicted molar refractivity (Wildman–Crippen MR) is 51.0 cm³/mol. The van der Waals surface area contributed by atoms with E-state index in [-0.39, 0.29) is 0 Å². The van der Waals surface area contributed by atoms with Crippen molar-refractivity contribution in [3.05, 3.63) is 30.7 Å². The van der Waals surface area contributed by atoms with Crippen molar-refractivity contribution in [1.29, 1.82) is 0 Å². The molecule has 0 saturated heterocycles. The third-order valence-corrected chi connectivity index (χ3v) is 1.39. The molecule has 0 fully saturated rings. The molecular formula is C9H12N4. The Labute approximate surface area is 77.0 Å². The Kier molecular flexibility index (Phi) is 3.63. The number of hydrogen-bond acceptors (Lipinski definition) is 3. The first kappa shape index (κ1) is 9.38. The molecule has 0 aromatic carbocycles. The Hall–Kier alpha value is -1.71. The van der Waals surface area contributed by atoms with Crippen LogP contribution in [0.4, 0.5) is 0 Å². The van der Waals surface area contributed by atoms with E-state index in [2.05, 4.69) is 20.4 Å². The summed E-state index contributed by atoms with van der Waals surface area (Å²) in [5.74, 6) is 0. The minimum Gasteiger partial charge on any atom is -0.265 e. The molecule has 0 bridgehead atoms. The van der Waals surface area contributed by atoms with Gasteiger partial charge in [0, 0.05) is 18.0 Å². The van der Waals surface area contributed by atoms with Crippen molar-refractivity contribution in [2.24, 2.45) is 0 Å². The summed E-state index contributed by atoms with van der Waals surface area (Å²) in [6.07, 6.45) is 5.13. The average Bonchev–Trinajstić information content (AvgIpc) is 2.75. The molecule has 0 aliphatic carbocycles. The van der Waals surface area contributed by atoms with E-state index in [4.69, 9.17) is 0 Å². The van der Waals surface area contributed by atoms with E-state index in [1.807, 2.05) is 26.0 Å². The van der Waals surface area contributed by atoms with E-state index in [9.17, 15) is 0 Å². The van der Waals surface area contributed by atoms with Gasteiger partial charge in [-0.15, -0.1) is 0 Å². The maximum Gasteiger partial charge on any atom is 0.112 e. The molecule has 0 spiro atoms. The largest absolute Gasteiger partial charge is 0.265 e. The Morgan fingerprint density at radius 3 is 2.38 bits per heavy atom. The van der Waals surface area contributed by atoms with Crippen LogP contribution in [0.25, 0.3) is 11.3 Å². The van der Waals surface area contributed by atoms with Gasteiger partial charge in [-0.05, 0) is 12.1 Å². The summed E-state index contributed by atoms with van der Waals surface area (Å²) in [5.41, 5.74) is 1.86. The van der Waals surface area contributed by atoms with Crippen LogP contribution in [0.15, 0.2) is 30.7 Å². The van der Waals surface area contributed by atoms with E-state index in [1.165, 1.54) is 0 Å². The molecule has 0 radical (unpaired) electrons. The molecule has 0 aliphatic rings. The molecule has 4 heteroatoms. The van der Waals surface area contributed by atoms with Crippen LogP contribution in [0.2, 0.25) is 0 Å². The fourth-order valence-electron chi connectivity index (χ4n) is 0.863. The summed E-state index contributed by atoms with van der Waals surface area (Å²) in [6, 6.07) is 3.77. The van der Waals surface area contributed by atoms with Crippen LogP contribution in [-0.4, -0.2) is 20.4 Å². The first-order valence-corrected chi connectivity index (χ1v) is 4.23. The molecule has 2 aromatic heterocycles. The van der Waals surface area contributed by atoms with Crippen LogP contribution >= 0.6 is 0 Å². The first-order chi connectivity index (χ1) is 6.47. The standard InChI is InChI=1S/C7H6N4.C2H6/c1-3-8-4-2-6(1)7-5-9-11-10-7;1-2/h1-5H,(H,9,10,11);1-2H3. The van der Waals surface area contributed by atoms with Gasteiger partial charge in [-0.25, -0.2) is 0 Å². The number of rotatable bonds is 1. The number of nitrogens with one attached hydrogen (secondary N) is 1. The van der Waals surface area contributed by atoms with E-state index in [0.717, 1.165) is 11.3 Å². The molecule has 2 heterocycles. The second kappa shape index (κ2) is 5.03. The van der Waals surface area contributed by atoms with Crippen LogP contribution in [-0.2, 0) is 0 Å². The molecule has 0 saturated carbocycles. The molecule has 68 valence electrons. The van der Waals surface area contributed by atoms with Gasteiger partial charge in [-0.2, -0.15) is 15.4 Å². The third-order valence-electron chi connectivity index (χ3n) is 1.39. The molecule has 0 aliphatic heterocycles. The van der Waals surface area contributed by atoms with Gasteiger partial charge in [-0.3, -0.25) is 4.98 Å². The summed E-state index contributed by atoms with van der Waals surface area (Å²) >= 11 is 0. The number of aromatic nitrogens is 4. The van der Waals surface area contributed by atoms with Crippen molar-refractivity contribution in [1.82, 2.24) is 20.4 Å². The Morgan fingerprint density at radius 2 is 1.85 bits per heavy atom. The lowest BCUT2D eigenvalue weighted by Crippen LogP contribution is -1.77. The number of pyridine rings is 1. The van der Waals surface area contributed by atoms with Crippen molar-refractivity contribution in [2.45, 2.75) is 13.8 Å². The fourth-order valence-corrected chi connectivity index (χ4v) is 0.863. The van der Waals surface area contributed by atoms with Gasteiger partial charge in [-0.1, -0.05) is 13.8 Å². The second-order valence-electron chi connectivity index (χ2n) is 2.09. The molecule has 2 aromatic rings. The molecule has 2 rings (SSSR count). The van der Waals surface area contributed by atoms with Crippen LogP contribution in [0.5, 0.6) is 0 Å². The van der Waals surface area contributed by atoms with E-state index in [1.54, 1.807) is 18.6 Å². The van der Waals surface area contributed by atoms with Gasteiger partial charge < -0.3 is 0 Å². The second-order valence-corrected chi connectivity index (χ2v) is 2.09.